The molecule has 1 heterocycles. The number of aryl methyl sites for hydroxylation is 1. The van der Waals surface area contributed by atoms with Gasteiger partial charge in [0.05, 0.1) is 22.3 Å². The number of nitrogens with zero attached hydrogens (tertiary/aromatic N) is 1. The van der Waals surface area contributed by atoms with E-state index in [0.717, 1.165) is 6.07 Å². The van der Waals surface area contributed by atoms with E-state index < -0.39 is 16.0 Å². The molecule has 1 aromatic heterocycles. The highest BCUT2D eigenvalue weighted by Gasteiger charge is 2.19. The lowest BCUT2D eigenvalue weighted by atomic mass is 10.1. The summed E-state index contributed by atoms with van der Waals surface area (Å²) in [6.07, 6.45) is 2.89. The molecule has 0 unspecified atom stereocenters. The Kier molecular flexibility index (Phi) is 3.71. The molecule has 0 bridgehead atoms. The first-order valence-electron chi connectivity index (χ1n) is 5.67. The van der Waals surface area contributed by atoms with Crippen molar-refractivity contribution in [3.8, 4) is 0 Å². The molecule has 1 aromatic carbocycles. The van der Waals surface area contributed by atoms with Crippen LogP contribution >= 0.6 is 0 Å². The molecule has 0 aliphatic carbocycles. The van der Waals surface area contributed by atoms with E-state index in [0.29, 0.717) is 11.3 Å². The Labute approximate surface area is 116 Å². The zero-order valence-electron chi connectivity index (χ0n) is 10.6. The van der Waals surface area contributed by atoms with Crippen LogP contribution in [0.15, 0.2) is 47.6 Å². The highest BCUT2D eigenvalue weighted by atomic mass is 32.2. The first-order chi connectivity index (χ1) is 9.40. The van der Waals surface area contributed by atoms with Gasteiger partial charge in [0.2, 0.25) is 0 Å². The summed E-state index contributed by atoms with van der Waals surface area (Å²) in [6, 6.07) is 7.11. The van der Waals surface area contributed by atoms with E-state index in [4.69, 9.17) is 5.11 Å². The Morgan fingerprint density at radius 1 is 1.30 bits per heavy atom. The van der Waals surface area contributed by atoms with Crippen molar-refractivity contribution in [2.45, 2.75) is 11.8 Å². The molecule has 0 saturated carbocycles. The lowest BCUT2D eigenvalue weighted by molar-refractivity contribution is 0.0696. The molecule has 2 aromatic rings. The molecular formula is C13H12N2O4S. The lowest BCUT2D eigenvalue weighted by Gasteiger charge is -2.10. The van der Waals surface area contributed by atoms with Crippen LogP contribution in [0.5, 0.6) is 0 Å². The molecule has 0 radical (unpaired) electrons. The van der Waals surface area contributed by atoms with Crippen molar-refractivity contribution in [2.24, 2.45) is 0 Å². The molecule has 7 heteroatoms. The molecule has 0 amide bonds. The van der Waals surface area contributed by atoms with Gasteiger partial charge in [-0.05, 0) is 36.8 Å². The third-order valence-corrected chi connectivity index (χ3v) is 4.16. The van der Waals surface area contributed by atoms with Crippen molar-refractivity contribution in [3.63, 3.8) is 0 Å². The van der Waals surface area contributed by atoms with Crippen LogP contribution in [0.3, 0.4) is 0 Å². The average Bonchev–Trinajstić information content (AvgIpc) is 2.39. The average molecular weight is 292 g/mol. The van der Waals surface area contributed by atoms with Gasteiger partial charge in [0.15, 0.2) is 0 Å². The van der Waals surface area contributed by atoms with Crippen LogP contribution in [0, 0.1) is 6.92 Å². The summed E-state index contributed by atoms with van der Waals surface area (Å²) in [6.45, 7) is 1.60. The summed E-state index contributed by atoms with van der Waals surface area (Å²) >= 11 is 0. The fourth-order valence-corrected chi connectivity index (χ4v) is 2.97. The maximum atomic E-state index is 12.3. The molecule has 104 valence electrons. The topological polar surface area (TPSA) is 96.4 Å². The molecule has 0 atom stereocenters. The van der Waals surface area contributed by atoms with E-state index in [9.17, 15) is 13.2 Å². The van der Waals surface area contributed by atoms with Gasteiger partial charge in [-0.2, -0.15) is 0 Å². The monoisotopic (exact) mass is 292 g/mol. The maximum Gasteiger partial charge on any atom is 0.335 e. The number of carboxylic acids is 1. The Morgan fingerprint density at radius 2 is 2.05 bits per heavy atom. The minimum atomic E-state index is -3.85. The second-order valence-corrected chi connectivity index (χ2v) is 5.78. The SMILES string of the molecule is Cc1ccc(C(=O)O)cc1S(=O)(=O)Nc1cccnc1. The lowest BCUT2D eigenvalue weighted by Crippen LogP contribution is -2.15. The van der Waals surface area contributed by atoms with Gasteiger partial charge < -0.3 is 5.11 Å². The van der Waals surface area contributed by atoms with Gasteiger partial charge in [0.1, 0.15) is 0 Å². The molecule has 0 spiro atoms. The second kappa shape index (κ2) is 5.30. The summed E-state index contributed by atoms with van der Waals surface area (Å²) in [5, 5.41) is 8.93. The number of hydrogen-bond donors (Lipinski definition) is 2. The number of carbonyl (C=O) groups is 1. The van der Waals surface area contributed by atoms with Crippen LogP contribution in [-0.4, -0.2) is 24.5 Å². The molecule has 2 rings (SSSR count). The minimum absolute atomic E-state index is 0.0683. The van der Waals surface area contributed by atoms with Gasteiger partial charge in [-0.1, -0.05) is 6.07 Å². The third kappa shape index (κ3) is 2.94. The van der Waals surface area contributed by atoms with E-state index in [2.05, 4.69) is 9.71 Å². The van der Waals surface area contributed by atoms with Crippen molar-refractivity contribution < 1.29 is 18.3 Å². The van der Waals surface area contributed by atoms with E-state index in [1.54, 1.807) is 19.1 Å². The van der Waals surface area contributed by atoms with Crippen LogP contribution in [-0.2, 0) is 10.0 Å². The Bertz CT molecular complexity index is 742. The van der Waals surface area contributed by atoms with Gasteiger partial charge in [-0.3, -0.25) is 9.71 Å². The Balaban J connectivity index is 2.44. The van der Waals surface area contributed by atoms with E-state index in [1.165, 1.54) is 24.5 Å². The number of benzene rings is 1. The highest BCUT2D eigenvalue weighted by Crippen LogP contribution is 2.20. The fourth-order valence-electron chi connectivity index (χ4n) is 1.66. The molecular weight excluding hydrogens is 280 g/mol. The van der Waals surface area contributed by atoms with Gasteiger partial charge in [-0.15, -0.1) is 0 Å². The zero-order chi connectivity index (χ0) is 14.8. The first kappa shape index (κ1) is 14.0. The second-order valence-electron chi connectivity index (χ2n) is 4.13. The number of pyridine rings is 1. The number of nitrogens with one attached hydrogen (secondary N) is 1. The Hall–Kier alpha value is -2.41. The van der Waals surface area contributed by atoms with Crippen molar-refractivity contribution >= 4 is 21.7 Å². The van der Waals surface area contributed by atoms with Gasteiger partial charge in [0.25, 0.3) is 10.0 Å². The van der Waals surface area contributed by atoms with Gasteiger partial charge in [0, 0.05) is 6.20 Å². The van der Waals surface area contributed by atoms with Crippen LogP contribution < -0.4 is 4.72 Å². The molecule has 0 saturated heterocycles. The number of carboxylic acid groups (broad SMARTS) is 1. The summed E-state index contributed by atoms with van der Waals surface area (Å²) in [7, 11) is -3.85. The summed E-state index contributed by atoms with van der Waals surface area (Å²) in [5.74, 6) is -1.18. The molecule has 20 heavy (non-hydrogen) atoms. The smallest absolute Gasteiger partial charge is 0.335 e. The van der Waals surface area contributed by atoms with Crippen molar-refractivity contribution in [3.05, 3.63) is 53.9 Å². The van der Waals surface area contributed by atoms with Crippen LogP contribution in [0.1, 0.15) is 15.9 Å². The van der Waals surface area contributed by atoms with Crippen LogP contribution in [0.2, 0.25) is 0 Å². The van der Waals surface area contributed by atoms with Gasteiger partial charge >= 0.3 is 5.97 Å². The first-order valence-corrected chi connectivity index (χ1v) is 7.15. The fraction of sp³-hybridized carbons (Fsp3) is 0.0769. The van der Waals surface area contributed by atoms with E-state index >= 15 is 0 Å². The molecule has 0 fully saturated rings. The number of rotatable bonds is 4. The normalized spacial score (nSPS) is 11.1. The van der Waals surface area contributed by atoms with E-state index in [1.807, 2.05) is 0 Å². The summed E-state index contributed by atoms with van der Waals surface area (Å²) in [4.78, 5) is 14.7. The standard InChI is InChI=1S/C13H12N2O4S/c1-9-4-5-10(13(16)17)7-12(9)20(18,19)15-11-3-2-6-14-8-11/h2-8,15H,1H3,(H,16,17). The number of hydrogen-bond acceptors (Lipinski definition) is 4. The Morgan fingerprint density at radius 3 is 2.65 bits per heavy atom. The highest BCUT2D eigenvalue weighted by molar-refractivity contribution is 7.92. The quantitative estimate of drug-likeness (QED) is 0.897. The third-order valence-electron chi connectivity index (χ3n) is 2.64. The van der Waals surface area contributed by atoms with Crippen molar-refractivity contribution in [1.29, 1.82) is 0 Å². The number of aromatic carboxylic acids is 1. The summed E-state index contributed by atoms with van der Waals surface area (Å²) < 4.78 is 26.9. The number of aromatic nitrogens is 1. The molecule has 0 aliphatic rings. The van der Waals surface area contributed by atoms with Crippen LogP contribution in [0.4, 0.5) is 5.69 Å². The van der Waals surface area contributed by atoms with Gasteiger partial charge in [-0.25, -0.2) is 13.2 Å². The largest absolute Gasteiger partial charge is 0.478 e. The number of sulfonamides is 1. The van der Waals surface area contributed by atoms with Crippen LogP contribution in [0.25, 0.3) is 0 Å². The number of anilines is 1. The van der Waals surface area contributed by atoms with Crippen molar-refractivity contribution in [1.82, 2.24) is 4.98 Å². The van der Waals surface area contributed by atoms with E-state index in [-0.39, 0.29) is 10.5 Å². The minimum Gasteiger partial charge on any atom is -0.478 e. The predicted octanol–water partition coefficient (Wildman–Crippen LogP) is 1.89. The van der Waals surface area contributed by atoms with Crippen molar-refractivity contribution in [2.75, 3.05) is 4.72 Å². The zero-order valence-corrected chi connectivity index (χ0v) is 11.4. The predicted molar refractivity (Wildman–Crippen MR) is 73.2 cm³/mol. The summed E-state index contributed by atoms with van der Waals surface area (Å²) in [5.41, 5.74) is 0.696. The molecule has 2 N–H and O–H groups in total. The molecule has 6 nitrogen and oxygen atoms in total. The maximum absolute atomic E-state index is 12.3. The molecule has 0 aliphatic heterocycles.